The van der Waals surface area contributed by atoms with Crippen LogP contribution >= 0.6 is 0 Å². The van der Waals surface area contributed by atoms with Crippen LogP contribution in [0.1, 0.15) is 25.7 Å². The van der Waals surface area contributed by atoms with Crippen LogP contribution in [0.2, 0.25) is 0 Å². The van der Waals surface area contributed by atoms with E-state index in [2.05, 4.69) is 0 Å². The second-order valence-electron chi connectivity index (χ2n) is 5.73. The Bertz CT molecular complexity index is 362. The molecule has 0 atom stereocenters. The molecule has 122 valence electrons. The number of piperidine rings is 1. The molecule has 1 aliphatic heterocycles. The summed E-state index contributed by atoms with van der Waals surface area (Å²) in [6.07, 6.45) is -2.67. The van der Waals surface area contributed by atoms with Gasteiger partial charge in [-0.2, -0.15) is 13.2 Å². The van der Waals surface area contributed by atoms with Crippen molar-refractivity contribution in [1.29, 1.82) is 0 Å². The van der Waals surface area contributed by atoms with Crippen molar-refractivity contribution in [2.75, 3.05) is 26.3 Å². The van der Waals surface area contributed by atoms with Crippen LogP contribution in [-0.2, 0) is 4.79 Å². The molecule has 1 saturated carbocycles. The summed E-state index contributed by atoms with van der Waals surface area (Å²) in [6.45, 7) is 0.583. The van der Waals surface area contributed by atoms with E-state index in [1.807, 2.05) is 4.90 Å². The Balaban J connectivity index is 1.97. The van der Waals surface area contributed by atoms with Crippen LogP contribution < -0.4 is 0 Å². The van der Waals surface area contributed by atoms with Crippen molar-refractivity contribution in [2.45, 2.75) is 50.0 Å². The molecule has 2 N–H and O–H groups in total. The van der Waals surface area contributed by atoms with E-state index in [4.69, 9.17) is 10.2 Å². The molecule has 5 nitrogen and oxygen atoms in total. The SMILES string of the molecule is O=C(N(C1CC1)C1CCN(C(CO)CO)CC1)C(F)(F)F. The molecule has 2 fully saturated rings. The van der Waals surface area contributed by atoms with Crippen molar-refractivity contribution in [3.63, 3.8) is 0 Å². The summed E-state index contributed by atoms with van der Waals surface area (Å²) in [5.74, 6) is -1.73. The number of rotatable bonds is 5. The fraction of sp³-hybridized carbons (Fsp3) is 0.923. The third kappa shape index (κ3) is 3.87. The maximum absolute atomic E-state index is 12.7. The van der Waals surface area contributed by atoms with E-state index >= 15 is 0 Å². The van der Waals surface area contributed by atoms with Crippen LogP contribution in [0.3, 0.4) is 0 Å². The number of aliphatic hydroxyl groups is 2. The number of nitrogens with zero attached hydrogens (tertiary/aromatic N) is 2. The number of likely N-dealkylation sites (tertiary alicyclic amines) is 1. The van der Waals surface area contributed by atoms with E-state index in [1.165, 1.54) is 0 Å². The molecule has 1 saturated heterocycles. The summed E-state index contributed by atoms with van der Waals surface area (Å²) in [6, 6.07) is -1.05. The minimum atomic E-state index is -4.82. The summed E-state index contributed by atoms with van der Waals surface area (Å²) < 4.78 is 38.1. The summed E-state index contributed by atoms with van der Waals surface area (Å²) in [4.78, 5) is 14.5. The number of aliphatic hydroxyl groups excluding tert-OH is 2. The Morgan fingerprint density at radius 1 is 1.10 bits per heavy atom. The predicted octanol–water partition coefficient (Wildman–Crippen LogP) is 0.357. The maximum Gasteiger partial charge on any atom is 0.471 e. The van der Waals surface area contributed by atoms with Gasteiger partial charge in [0.1, 0.15) is 0 Å². The fourth-order valence-corrected chi connectivity index (χ4v) is 2.95. The molecular weight excluding hydrogens is 289 g/mol. The number of carbonyl (C=O) groups is 1. The number of carbonyl (C=O) groups excluding carboxylic acids is 1. The van der Waals surface area contributed by atoms with E-state index in [9.17, 15) is 18.0 Å². The Morgan fingerprint density at radius 3 is 1.95 bits per heavy atom. The van der Waals surface area contributed by atoms with Crippen LogP contribution in [0.4, 0.5) is 13.2 Å². The average molecular weight is 310 g/mol. The maximum atomic E-state index is 12.7. The summed E-state index contributed by atoms with van der Waals surface area (Å²) >= 11 is 0. The Kier molecular flexibility index (Phi) is 5.11. The van der Waals surface area contributed by atoms with Crippen LogP contribution in [0.15, 0.2) is 0 Å². The first-order valence-electron chi connectivity index (χ1n) is 7.23. The molecule has 8 heteroatoms. The molecule has 0 unspecified atom stereocenters. The van der Waals surface area contributed by atoms with Gasteiger partial charge in [0.15, 0.2) is 0 Å². The molecule has 2 aliphatic rings. The van der Waals surface area contributed by atoms with Gasteiger partial charge in [0, 0.05) is 25.2 Å². The monoisotopic (exact) mass is 310 g/mol. The molecule has 1 heterocycles. The zero-order chi connectivity index (χ0) is 15.6. The minimum Gasteiger partial charge on any atom is -0.395 e. The van der Waals surface area contributed by atoms with Gasteiger partial charge < -0.3 is 15.1 Å². The average Bonchev–Trinajstić information content (AvgIpc) is 3.25. The normalized spacial score (nSPS) is 21.8. The number of halogens is 3. The molecule has 0 aromatic carbocycles. The molecule has 0 radical (unpaired) electrons. The van der Waals surface area contributed by atoms with Crippen LogP contribution in [-0.4, -0.2) is 76.5 Å². The van der Waals surface area contributed by atoms with Crippen LogP contribution in [0, 0.1) is 0 Å². The second kappa shape index (κ2) is 6.50. The Labute approximate surface area is 121 Å². The number of amides is 1. The summed E-state index contributed by atoms with van der Waals surface area (Å²) in [7, 11) is 0. The molecule has 0 spiro atoms. The molecule has 0 bridgehead atoms. The largest absolute Gasteiger partial charge is 0.471 e. The first kappa shape index (κ1) is 16.5. The van der Waals surface area contributed by atoms with Crippen molar-refractivity contribution < 1.29 is 28.2 Å². The zero-order valence-electron chi connectivity index (χ0n) is 11.7. The number of hydrogen-bond donors (Lipinski definition) is 2. The molecule has 2 rings (SSSR count). The van der Waals surface area contributed by atoms with Crippen molar-refractivity contribution in [2.24, 2.45) is 0 Å². The smallest absolute Gasteiger partial charge is 0.395 e. The predicted molar refractivity (Wildman–Crippen MR) is 68.5 cm³/mol. The second-order valence-corrected chi connectivity index (χ2v) is 5.73. The van der Waals surface area contributed by atoms with Gasteiger partial charge in [-0.15, -0.1) is 0 Å². The quantitative estimate of drug-likeness (QED) is 0.769. The first-order valence-corrected chi connectivity index (χ1v) is 7.23. The van der Waals surface area contributed by atoms with Gasteiger partial charge in [-0.3, -0.25) is 9.69 Å². The highest BCUT2D eigenvalue weighted by Gasteiger charge is 2.49. The van der Waals surface area contributed by atoms with Gasteiger partial charge in [0.05, 0.1) is 19.3 Å². The number of hydrogen-bond acceptors (Lipinski definition) is 4. The highest BCUT2D eigenvalue weighted by molar-refractivity contribution is 5.82. The highest BCUT2D eigenvalue weighted by Crippen LogP contribution is 2.35. The van der Waals surface area contributed by atoms with E-state index in [-0.39, 0.29) is 25.3 Å². The van der Waals surface area contributed by atoms with Gasteiger partial charge in [0.25, 0.3) is 0 Å². The van der Waals surface area contributed by atoms with Gasteiger partial charge in [-0.1, -0.05) is 0 Å². The third-order valence-corrected chi connectivity index (χ3v) is 4.25. The first-order chi connectivity index (χ1) is 9.88. The Morgan fingerprint density at radius 2 is 1.57 bits per heavy atom. The van der Waals surface area contributed by atoms with E-state index < -0.39 is 18.1 Å². The summed E-state index contributed by atoms with van der Waals surface area (Å²) in [5.41, 5.74) is 0. The lowest BCUT2D eigenvalue weighted by molar-refractivity contribution is -0.189. The van der Waals surface area contributed by atoms with Crippen LogP contribution in [0.5, 0.6) is 0 Å². The standard InChI is InChI=1S/C13H21F3N2O3/c14-13(15,16)12(21)18(9-1-2-9)10-3-5-17(6-4-10)11(7-19)8-20/h9-11,19-20H,1-8H2. The molecule has 1 aliphatic carbocycles. The summed E-state index contributed by atoms with van der Waals surface area (Å²) in [5, 5.41) is 18.3. The lowest BCUT2D eigenvalue weighted by Gasteiger charge is -2.41. The number of alkyl halides is 3. The molecule has 21 heavy (non-hydrogen) atoms. The molecule has 0 aromatic heterocycles. The molecule has 1 amide bonds. The van der Waals surface area contributed by atoms with E-state index in [0.717, 1.165) is 4.90 Å². The van der Waals surface area contributed by atoms with Crippen molar-refractivity contribution >= 4 is 5.91 Å². The zero-order valence-corrected chi connectivity index (χ0v) is 11.7. The Hall–Kier alpha value is -0.860. The van der Waals surface area contributed by atoms with Crippen molar-refractivity contribution in [3.8, 4) is 0 Å². The van der Waals surface area contributed by atoms with E-state index in [0.29, 0.717) is 38.8 Å². The van der Waals surface area contributed by atoms with Gasteiger partial charge >= 0.3 is 12.1 Å². The lowest BCUT2D eigenvalue weighted by atomic mass is 10.0. The topological polar surface area (TPSA) is 64.0 Å². The van der Waals surface area contributed by atoms with Crippen molar-refractivity contribution in [1.82, 2.24) is 9.80 Å². The third-order valence-electron chi connectivity index (χ3n) is 4.25. The highest BCUT2D eigenvalue weighted by atomic mass is 19.4. The lowest BCUT2D eigenvalue weighted by Crippen LogP contribution is -2.54. The van der Waals surface area contributed by atoms with E-state index in [1.54, 1.807) is 0 Å². The van der Waals surface area contributed by atoms with Gasteiger partial charge in [-0.25, -0.2) is 0 Å². The van der Waals surface area contributed by atoms with Gasteiger partial charge in [-0.05, 0) is 25.7 Å². The van der Waals surface area contributed by atoms with Gasteiger partial charge in [0.2, 0.25) is 0 Å². The minimum absolute atomic E-state index is 0.186. The fourth-order valence-electron chi connectivity index (χ4n) is 2.95. The van der Waals surface area contributed by atoms with Crippen molar-refractivity contribution in [3.05, 3.63) is 0 Å². The van der Waals surface area contributed by atoms with Crippen LogP contribution in [0.25, 0.3) is 0 Å². The molecule has 0 aromatic rings. The molecular formula is C13H21F3N2O3.